The van der Waals surface area contributed by atoms with Crippen LogP contribution < -0.4 is 0 Å². The lowest BCUT2D eigenvalue weighted by Gasteiger charge is -2.09. The Hall–Kier alpha value is -3.11. The Balaban J connectivity index is 1.53. The number of furan rings is 2. The van der Waals surface area contributed by atoms with Crippen LogP contribution >= 0.6 is 22.9 Å². The third-order valence-corrected chi connectivity index (χ3v) is 5.77. The maximum Gasteiger partial charge on any atom is 0.417 e. The summed E-state index contributed by atoms with van der Waals surface area (Å²) in [6.45, 7) is 1.81. The SMILES string of the molecule is Cc1occc1-c1nnc2sc(-c3coc(-c4ccc(Cl)c(C(F)(F)F)c4)c3)nn12. The Morgan fingerprint density at radius 3 is 2.63 bits per heavy atom. The van der Waals surface area contributed by atoms with Gasteiger partial charge in [0.05, 0.1) is 28.0 Å². The van der Waals surface area contributed by atoms with Crippen molar-refractivity contribution in [2.75, 3.05) is 0 Å². The van der Waals surface area contributed by atoms with Crippen molar-refractivity contribution in [1.82, 2.24) is 19.8 Å². The number of nitrogens with zero attached hydrogens (tertiary/aromatic N) is 4. The minimum absolute atomic E-state index is 0.260. The second-order valence-corrected chi connectivity index (χ2v) is 7.77. The molecule has 152 valence electrons. The molecule has 0 unspecified atom stereocenters. The predicted octanol–water partition coefficient (Wildman–Crippen LogP) is 6.35. The fourth-order valence-corrected chi connectivity index (χ4v) is 4.05. The molecule has 0 aliphatic heterocycles. The number of hydrogen-bond acceptors (Lipinski definition) is 6. The highest BCUT2D eigenvalue weighted by molar-refractivity contribution is 7.19. The van der Waals surface area contributed by atoms with Crippen molar-refractivity contribution in [3.05, 3.63) is 59.2 Å². The normalized spacial score (nSPS) is 12.2. The van der Waals surface area contributed by atoms with Gasteiger partial charge in [-0.25, -0.2) is 0 Å². The summed E-state index contributed by atoms with van der Waals surface area (Å²) in [5.41, 5.74) is 0.723. The van der Waals surface area contributed by atoms with Gasteiger partial charge in [-0.15, -0.1) is 10.2 Å². The van der Waals surface area contributed by atoms with Crippen LogP contribution in [0.25, 0.3) is 38.2 Å². The molecule has 0 aliphatic carbocycles. The molecule has 30 heavy (non-hydrogen) atoms. The van der Waals surface area contributed by atoms with E-state index in [4.69, 9.17) is 20.4 Å². The van der Waals surface area contributed by atoms with E-state index in [-0.39, 0.29) is 16.3 Å². The van der Waals surface area contributed by atoms with Crippen LogP contribution in [0.3, 0.4) is 0 Å². The van der Waals surface area contributed by atoms with Crippen LogP contribution in [-0.2, 0) is 6.18 Å². The zero-order valence-corrected chi connectivity index (χ0v) is 16.6. The number of halogens is 4. The molecule has 5 aromatic rings. The van der Waals surface area contributed by atoms with Gasteiger partial charge in [0.2, 0.25) is 4.96 Å². The lowest BCUT2D eigenvalue weighted by Crippen LogP contribution is -2.05. The molecule has 0 fully saturated rings. The van der Waals surface area contributed by atoms with Gasteiger partial charge in [-0.05, 0) is 37.3 Å². The van der Waals surface area contributed by atoms with Crippen molar-refractivity contribution in [2.45, 2.75) is 13.1 Å². The zero-order valence-electron chi connectivity index (χ0n) is 15.1. The molecule has 0 aliphatic rings. The lowest BCUT2D eigenvalue weighted by molar-refractivity contribution is -0.137. The van der Waals surface area contributed by atoms with Crippen molar-refractivity contribution in [1.29, 1.82) is 0 Å². The topological polar surface area (TPSA) is 69.4 Å². The van der Waals surface area contributed by atoms with Crippen LogP contribution in [0.2, 0.25) is 5.02 Å². The molecule has 0 bridgehead atoms. The van der Waals surface area contributed by atoms with Crippen molar-refractivity contribution in [3.63, 3.8) is 0 Å². The van der Waals surface area contributed by atoms with Gasteiger partial charge in [0.25, 0.3) is 0 Å². The molecular formula is C19H10ClF3N4O2S. The highest BCUT2D eigenvalue weighted by Crippen LogP contribution is 2.38. The van der Waals surface area contributed by atoms with Gasteiger partial charge in [-0.3, -0.25) is 0 Å². The van der Waals surface area contributed by atoms with E-state index in [0.29, 0.717) is 27.1 Å². The number of alkyl halides is 3. The molecule has 0 atom stereocenters. The van der Waals surface area contributed by atoms with Crippen LogP contribution in [0.15, 0.2) is 51.7 Å². The molecular weight excluding hydrogens is 441 g/mol. The summed E-state index contributed by atoms with van der Waals surface area (Å²) in [5, 5.41) is 13.0. The van der Waals surface area contributed by atoms with E-state index in [0.717, 1.165) is 11.6 Å². The molecule has 4 aromatic heterocycles. The van der Waals surface area contributed by atoms with Gasteiger partial charge in [0.1, 0.15) is 17.8 Å². The van der Waals surface area contributed by atoms with E-state index >= 15 is 0 Å². The Kier molecular flexibility index (Phi) is 4.23. The molecule has 11 heteroatoms. The summed E-state index contributed by atoms with van der Waals surface area (Å²) >= 11 is 6.97. The molecule has 0 saturated heterocycles. The quantitative estimate of drug-likeness (QED) is 0.320. The van der Waals surface area contributed by atoms with E-state index in [1.54, 1.807) is 22.9 Å². The second kappa shape index (κ2) is 6.71. The summed E-state index contributed by atoms with van der Waals surface area (Å²) in [4.78, 5) is 0.564. The predicted molar refractivity (Wildman–Crippen MR) is 104 cm³/mol. The van der Waals surface area contributed by atoms with E-state index in [9.17, 15) is 13.2 Å². The molecule has 1 aromatic carbocycles. The summed E-state index contributed by atoms with van der Waals surface area (Å²) < 4.78 is 51.8. The van der Waals surface area contributed by atoms with Crippen LogP contribution in [0.1, 0.15) is 11.3 Å². The van der Waals surface area contributed by atoms with Crippen LogP contribution in [0, 0.1) is 6.92 Å². The summed E-state index contributed by atoms with van der Waals surface area (Å²) in [7, 11) is 0. The zero-order chi connectivity index (χ0) is 21.0. The van der Waals surface area contributed by atoms with Crippen LogP contribution in [-0.4, -0.2) is 19.8 Å². The summed E-state index contributed by atoms with van der Waals surface area (Å²) in [6, 6.07) is 7.03. The maximum absolute atomic E-state index is 13.1. The number of benzene rings is 1. The average molecular weight is 451 g/mol. The molecule has 0 spiro atoms. The van der Waals surface area contributed by atoms with E-state index < -0.39 is 11.7 Å². The van der Waals surface area contributed by atoms with Gasteiger partial charge in [-0.2, -0.15) is 22.8 Å². The first kappa shape index (κ1) is 18.9. The second-order valence-electron chi connectivity index (χ2n) is 6.41. The molecule has 0 radical (unpaired) electrons. The van der Waals surface area contributed by atoms with E-state index in [1.807, 2.05) is 6.92 Å². The van der Waals surface area contributed by atoms with Crippen molar-refractivity contribution in [3.8, 4) is 33.3 Å². The number of rotatable bonds is 3. The molecule has 4 heterocycles. The van der Waals surface area contributed by atoms with Crippen molar-refractivity contribution in [2.24, 2.45) is 0 Å². The van der Waals surface area contributed by atoms with Gasteiger partial charge in [0, 0.05) is 5.56 Å². The van der Waals surface area contributed by atoms with E-state index in [2.05, 4.69) is 15.3 Å². The number of aromatic nitrogens is 4. The largest absolute Gasteiger partial charge is 0.469 e. The Bertz CT molecular complexity index is 1380. The minimum Gasteiger partial charge on any atom is -0.469 e. The first-order valence-electron chi connectivity index (χ1n) is 8.54. The monoisotopic (exact) mass is 450 g/mol. The molecule has 0 amide bonds. The first-order valence-corrected chi connectivity index (χ1v) is 9.73. The molecule has 5 rings (SSSR count). The molecule has 6 nitrogen and oxygen atoms in total. The van der Waals surface area contributed by atoms with Gasteiger partial charge < -0.3 is 8.83 Å². The third-order valence-electron chi connectivity index (χ3n) is 4.49. The standard InChI is InChI=1S/C19H10ClF3N4O2S/c1-9-12(4-5-28-9)16-24-25-18-27(16)26-17(30-18)11-7-15(29-8-11)10-2-3-14(20)13(6-10)19(21,22)23/h2-8H,1H3. The van der Waals surface area contributed by atoms with Crippen LogP contribution in [0.4, 0.5) is 13.2 Å². The van der Waals surface area contributed by atoms with E-state index in [1.165, 1.54) is 29.7 Å². The van der Waals surface area contributed by atoms with Gasteiger partial charge in [0.15, 0.2) is 10.8 Å². The average Bonchev–Trinajstić information content (AvgIpc) is 3.44. The maximum atomic E-state index is 13.1. The smallest absolute Gasteiger partial charge is 0.417 e. The van der Waals surface area contributed by atoms with Crippen molar-refractivity contribution >= 4 is 27.9 Å². The molecule has 0 N–H and O–H groups in total. The fourth-order valence-electron chi connectivity index (χ4n) is 3.01. The Morgan fingerprint density at radius 2 is 1.90 bits per heavy atom. The minimum atomic E-state index is -4.56. The third kappa shape index (κ3) is 3.08. The highest BCUT2D eigenvalue weighted by atomic mass is 35.5. The molecule has 0 saturated carbocycles. The lowest BCUT2D eigenvalue weighted by atomic mass is 10.1. The Labute approximate surface area is 175 Å². The van der Waals surface area contributed by atoms with Crippen LogP contribution in [0.5, 0.6) is 0 Å². The Morgan fingerprint density at radius 1 is 1.07 bits per heavy atom. The first-order chi connectivity index (χ1) is 14.3. The van der Waals surface area contributed by atoms with Crippen molar-refractivity contribution < 1.29 is 22.0 Å². The number of fused-ring (bicyclic) bond motifs is 1. The fraction of sp³-hybridized carbons (Fsp3) is 0.105. The van der Waals surface area contributed by atoms with Gasteiger partial charge in [-0.1, -0.05) is 22.9 Å². The summed E-state index contributed by atoms with van der Waals surface area (Å²) in [6.07, 6.45) is -1.56. The number of aryl methyl sites for hydroxylation is 1. The summed E-state index contributed by atoms with van der Waals surface area (Å²) in [5.74, 6) is 1.49. The van der Waals surface area contributed by atoms with Gasteiger partial charge >= 0.3 is 6.18 Å². The highest BCUT2D eigenvalue weighted by Gasteiger charge is 2.33. The number of hydrogen-bond donors (Lipinski definition) is 0.